The van der Waals surface area contributed by atoms with Crippen LogP contribution in [0.3, 0.4) is 0 Å². The van der Waals surface area contributed by atoms with E-state index in [4.69, 9.17) is 14.0 Å². The van der Waals surface area contributed by atoms with Crippen molar-refractivity contribution in [3.63, 3.8) is 0 Å². The third kappa shape index (κ3) is 1.88. The van der Waals surface area contributed by atoms with E-state index in [1.54, 1.807) is 31.2 Å². The predicted molar refractivity (Wildman–Crippen MR) is 61.8 cm³/mol. The van der Waals surface area contributed by atoms with Crippen molar-refractivity contribution in [3.8, 4) is 11.5 Å². The average Bonchev–Trinajstić information content (AvgIpc) is 2.96. The third-order valence-electron chi connectivity index (χ3n) is 2.48. The van der Waals surface area contributed by atoms with E-state index in [-0.39, 0.29) is 18.5 Å². The van der Waals surface area contributed by atoms with Gasteiger partial charge in [-0.25, -0.2) is 0 Å². The molecule has 0 fully saturated rings. The fraction of sp³-hybridized carbons (Fsp3) is 0.167. The highest BCUT2D eigenvalue weighted by molar-refractivity contribution is 6.02. The van der Waals surface area contributed by atoms with Crippen LogP contribution in [0.25, 0.3) is 0 Å². The standard InChI is InChI=1S/C12H10N2O4/c1-7-4-11(18-14-7)12(15)13-8-2-3-9-10(5-8)17-6-16-9/h2-5H,6H2,1H3,(H,13,15). The molecule has 0 atom stereocenters. The van der Waals surface area contributed by atoms with Gasteiger partial charge in [0.15, 0.2) is 11.5 Å². The van der Waals surface area contributed by atoms with Crippen LogP contribution in [0, 0.1) is 6.92 Å². The predicted octanol–water partition coefficient (Wildman–Crippen LogP) is 1.96. The van der Waals surface area contributed by atoms with Crippen molar-refractivity contribution in [1.82, 2.24) is 5.16 Å². The molecular weight excluding hydrogens is 236 g/mol. The van der Waals surface area contributed by atoms with Crippen LogP contribution in [0.15, 0.2) is 28.8 Å². The summed E-state index contributed by atoms with van der Waals surface area (Å²) in [6, 6.07) is 6.74. The van der Waals surface area contributed by atoms with E-state index in [2.05, 4.69) is 10.5 Å². The molecule has 1 amide bonds. The molecule has 6 nitrogen and oxygen atoms in total. The van der Waals surface area contributed by atoms with Crippen LogP contribution in [0.2, 0.25) is 0 Å². The largest absolute Gasteiger partial charge is 0.454 e. The highest BCUT2D eigenvalue weighted by atomic mass is 16.7. The van der Waals surface area contributed by atoms with E-state index in [0.717, 1.165) is 0 Å². The van der Waals surface area contributed by atoms with Crippen LogP contribution in [0.4, 0.5) is 5.69 Å². The number of nitrogens with one attached hydrogen (secondary N) is 1. The fourth-order valence-corrected chi connectivity index (χ4v) is 1.64. The Kier molecular flexibility index (Phi) is 2.40. The molecule has 18 heavy (non-hydrogen) atoms. The molecule has 1 aliphatic heterocycles. The SMILES string of the molecule is Cc1cc(C(=O)Nc2ccc3c(c2)OCO3)on1. The number of hydrogen-bond acceptors (Lipinski definition) is 5. The Morgan fingerprint density at radius 3 is 2.89 bits per heavy atom. The number of carbonyl (C=O) groups excluding carboxylic acids is 1. The lowest BCUT2D eigenvalue weighted by Gasteiger charge is -2.03. The number of ether oxygens (including phenoxy) is 2. The van der Waals surface area contributed by atoms with E-state index in [1.165, 1.54) is 0 Å². The summed E-state index contributed by atoms with van der Waals surface area (Å²) < 4.78 is 15.3. The van der Waals surface area contributed by atoms with Gasteiger partial charge in [0.2, 0.25) is 12.6 Å². The van der Waals surface area contributed by atoms with Crippen LogP contribution < -0.4 is 14.8 Å². The lowest BCUT2D eigenvalue weighted by atomic mass is 10.2. The van der Waals surface area contributed by atoms with Gasteiger partial charge in [-0.05, 0) is 19.1 Å². The number of aromatic nitrogens is 1. The lowest BCUT2D eigenvalue weighted by molar-refractivity contribution is 0.0988. The smallest absolute Gasteiger partial charge is 0.294 e. The van der Waals surface area contributed by atoms with Crippen molar-refractivity contribution in [3.05, 3.63) is 35.7 Å². The maximum absolute atomic E-state index is 11.8. The van der Waals surface area contributed by atoms with Crippen molar-refractivity contribution in [2.75, 3.05) is 12.1 Å². The summed E-state index contributed by atoms with van der Waals surface area (Å²) in [5.74, 6) is 1.10. The zero-order valence-electron chi connectivity index (χ0n) is 9.60. The number of amides is 1. The Labute approximate surface area is 102 Å². The Bertz CT molecular complexity index is 606. The van der Waals surface area contributed by atoms with Crippen molar-refractivity contribution < 1.29 is 18.8 Å². The molecular formula is C12H10N2O4. The zero-order valence-corrected chi connectivity index (χ0v) is 9.60. The summed E-state index contributed by atoms with van der Waals surface area (Å²) in [6.45, 7) is 1.95. The van der Waals surface area contributed by atoms with Gasteiger partial charge < -0.3 is 19.3 Å². The van der Waals surface area contributed by atoms with Crippen LogP contribution in [0.1, 0.15) is 16.2 Å². The Balaban J connectivity index is 1.78. The van der Waals surface area contributed by atoms with Gasteiger partial charge in [-0.1, -0.05) is 5.16 Å². The van der Waals surface area contributed by atoms with Crippen molar-refractivity contribution in [2.24, 2.45) is 0 Å². The molecule has 2 aromatic rings. The molecule has 92 valence electrons. The first-order chi connectivity index (χ1) is 8.72. The van der Waals surface area contributed by atoms with Gasteiger partial charge in [-0.3, -0.25) is 4.79 Å². The summed E-state index contributed by atoms with van der Waals surface area (Å²) in [5.41, 5.74) is 1.27. The summed E-state index contributed by atoms with van der Waals surface area (Å²) in [5, 5.41) is 6.35. The summed E-state index contributed by atoms with van der Waals surface area (Å²) >= 11 is 0. The first kappa shape index (κ1) is 10.6. The zero-order chi connectivity index (χ0) is 12.5. The number of benzene rings is 1. The number of rotatable bonds is 2. The highest BCUT2D eigenvalue weighted by Gasteiger charge is 2.16. The van der Waals surface area contributed by atoms with Crippen molar-refractivity contribution >= 4 is 11.6 Å². The molecule has 1 aromatic heterocycles. The third-order valence-corrected chi connectivity index (χ3v) is 2.48. The Morgan fingerprint density at radius 2 is 2.11 bits per heavy atom. The number of carbonyl (C=O) groups is 1. The van der Waals surface area contributed by atoms with Crippen LogP contribution in [-0.2, 0) is 0 Å². The number of hydrogen-bond donors (Lipinski definition) is 1. The van der Waals surface area contributed by atoms with Gasteiger partial charge >= 0.3 is 0 Å². The van der Waals surface area contributed by atoms with Crippen molar-refractivity contribution in [2.45, 2.75) is 6.92 Å². The Morgan fingerprint density at radius 1 is 1.28 bits per heavy atom. The molecule has 0 aliphatic carbocycles. The van der Waals surface area contributed by atoms with Gasteiger partial charge in [0.25, 0.3) is 5.91 Å². The number of fused-ring (bicyclic) bond motifs is 1. The van der Waals surface area contributed by atoms with Crippen LogP contribution >= 0.6 is 0 Å². The molecule has 0 saturated heterocycles. The average molecular weight is 246 g/mol. The summed E-state index contributed by atoms with van der Waals surface area (Å²) in [4.78, 5) is 11.8. The second-order valence-electron chi connectivity index (χ2n) is 3.85. The highest BCUT2D eigenvalue weighted by Crippen LogP contribution is 2.34. The van der Waals surface area contributed by atoms with E-state index >= 15 is 0 Å². The summed E-state index contributed by atoms with van der Waals surface area (Å²) in [6.07, 6.45) is 0. The lowest BCUT2D eigenvalue weighted by Crippen LogP contribution is -2.10. The molecule has 1 N–H and O–H groups in total. The topological polar surface area (TPSA) is 73.6 Å². The quantitative estimate of drug-likeness (QED) is 0.876. The molecule has 0 bridgehead atoms. The molecule has 0 radical (unpaired) electrons. The molecule has 1 aliphatic rings. The first-order valence-corrected chi connectivity index (χ1v) is 5.37. The van der Waals surface area contributed by atoms with Gasteiger partial charge in [-0.15, -0.1) is 0 Å². The minimum Gasteiger partial charge on any atom is -0.454 e. The van der Waals surface area contributed by atoms with E-state index < -0.39 is 0 Å². The molecule has 3 rings (SSSR count). The second-order valence-corrected chi connectivity index (χ2v) is 3.85. The maximum Gasteiger partial charge on any atom is 0.294 e. The van der Waals surface area contributed by atoms with Gasteiger partial charge in [0.1, 0.15) is 0 Å². The molecule has 6 heteroatoms. The fourth-order valence-electron chi connectivity index (χ4n) is 1.64. The van der Waals surface area contributed by atoms with Crippen molar-refractivity contribution in [1.29, 1.82) is 0 Å². The van der Waals surface area contributed by atoms with Gasteiger partial charge in [0.05, 0.1) is 5.69 Å². The Hall–Kier alpha value is -2.50. The number of aryl methyl sites for hydroxylation is 1. The monoisotopic (exact) mass is 246 g/mol. The number of anilines is 1. The van der Waals surface area contributed by atoms with E-state index in [1.807, 2.05) is 0 Å². The normalized spacial score (nSPS) is 12.5. The second kappa shape index (κ2) is 4.06. The van der Waals surface area contributed by atoms with E-state index in [9.17, 15) is 4.79 Å². The van der Waals surface area contributed by atoms with Gasteiger partial charge in [-0.2, -0.15) is 0 Å². The van der Waals surface area contributed by atoms with E-state index in [0.29, 0.717) is 22.9 Å². The minimum absolute atomic E-state index is 0.171. The molecule has 2 heterocycles. The summed E-state index contributed by atoms with van der Waals surface area (Å²) in [7, 11) is 0. The first-order valence-electron chi connectivity index (χ1n) is 5.37. The minimum atomic E-state index is -0.352. The maximum atomic E-state index is 11.8. The molecule has 1 aromatic carbocycles. The van der Waals surface area contributed by atoms with Crippen LogP contribution in [-0.4, -0.2) is 17.9 Å². The molecule has 0 saturated carbocycles. The van der Waals surface area contributed by atoms with Gasteiger partial charge in [0, 0.05) is 17.8 Å². The molecule has 0 unspecified atom stereocenters. The number of nitrogens with zero attached hydrogens (tertiary/aromatic N) is 1. The molecule has 0 spiro atoms. The van der Waals surface area contributed by atoms with Crippen LogP contribution in [0.5, 0.6) is 11.5 Å².